The molecule has 0 spiro atoms. The van der Waals surface area contributed by atoms with Crippen LogP contribution in [0.4, 0.5) is 0 Å². The zero-order valence-electron chi connectivity index (χ0n) is 21.0. The number of esters is 1. The first-order valence-corrected chi connectivity index (χ1v) is 13.6. The van der Waals surface area contributed by atoms with Gasteiger partial charge in [-0.1, -0.05) is 35.1 Å². The highest BCUT2D eigenvalue weighted by atomic mass is 79.9. The number of hydrogen-bond donors (Lipinski definition) is 0. The number of ether oxygens (including phenoxy) is 3. The monoisotopic (exact) mass is 604 g/mol. The Hall–Kier alpha value is -2.88. The van der Waals surface area contributed by atoms with Gasteiger partial charge in [0.25, 0.3) is 5.56 Å². The van der Waals surface area contributed by atoms with Gasteiger partial charge >= 0.3 is 5.97 Å². The number of allylic oxidation sites excluding steroid dienone is 1. The van der Waals surface area contributed by atoms with E-state index >= 15 is 0 Å². The SMILES string of the molecule is CCOc1cc(OC)c(Br)cc1C=c1sc2n(c1=O)C(c1ccc(Cl)cc1)C(C(=O)OC(C)C)=C(C)N=2. The van der Waals surface area contributed by atoms with Gasteiger partial charge < -0.3 is 14.2 Å². The molecule has 4 rings (SSSR count). The maximum atomic E-state index is 13.8. The summed E-state index contributed by atoms with van der Waals surface area (Å²) in [4.78, 5) is 32.1. The molecule has 1 unspecified atom stereocenters. The number of benzene rings is 2. The first-order chi connectivity index (χ1) is 17.6. The number of thiazole rings is 1. The maximum Gasteiger partial charge on any atom is 0.338 e. The average molecular weight is 606 g/mol. The largest absolute Gasteiger partial charge is 0.495 e. The lowest BCUT2D eigenvalue weighted by Crippen LogP contribution is -2.40. The summed E-state index contributed by atoms with van der Waals surface area (Å²) in [5.41, 5.74) is 1.97. The van der Waals surface area contributed by atoms with E-state index < -0.39 is 12.0 Å². The van der Waals surface area contributed by atoms with Gasteiger partial charge in [0.05, 0.1) is 46.1 Å². The third-order valence-corrected chi connectivity index (χ3v) is 7.50. The van der Waals surface area contributed by atoms with Gasteiger partial charge in [0.2, 0.25) is 0 Å². The van der Waals surface area contributed by atoms with E-state index in [0.29, 0.717) is 49.3 Å². The van der Waals surface area contributed by atoms with Crippen LogP contribution in [0.15, 0.2) is 61.9 Å². The number of methoxy groups -OCH3 is 1. The van der Waals surface area contributed by atoms with Gasteiger partial charge in [-0.15, -0.1) is 0 Å². The fourth-order valence-corrected chi connectivity index (χ4v) is 5.75. The van der Waals surface area contributed by atoms with E-state index in [9.17, 15) is 9.59 Å². The second-order valence-electron chi connectivity index (χ2n) is 8.55. The third kappa shape index (κ3) is 5.54. The molecule has 0 saturated carbocycles. The molecule has 0 bridgehead atoms. The molecule has 1 aromatic heterocycles. The second kappa shape index (κ2) is 11.2. The van der Waals surface area contributed by atoms with Crippen LogP contribution in [0.25, 0.3) is 6.08 Å². The van der Waals surface area contributed by atoms with Crippen LogP contribution < -0.4 is 24.4 Å². The molecule has 7 nitrogen and oxygen atoms in total. The average Bonchev–Trinajstić information content (AvgIpc) is 3.14. The molecule has 0 saturated heterocycles. The number of nitrogens with zero attached hydrogens (tertiary/aromatic N) is 2. The van der Waals surface area contributed by atoms with Crippen LogP contribution in [-0.4, -0.2) is 30.4 Å². The van der Waals surface area contributed by atoms with Crippen molar-refractivity contribution >= 4 is 50.9 Å². The summed E-state index contributed by atoms with van der Waals surface area (Å²) in [6.07, 6.45) is 1.44. The molecule has 2 aromatic carbocycles. The molecule has 0 amide bonds. The molecule has 0 N–H and O–H groups in total. The third-order valence-electron chi connectivity index (χ3n) is 5.64. The molecule has 2 heterocycles. The van der Waals surface area contributed by atoms with Crippen LogP contribution in [0.3, 0.4) is 0 Å². The van der Waals surface area contributed by atoms with Crippen molar-refractivity contribution in [3.05, 3.63) is 88.0 Å². The molecule has 1 atom stereocenters. The Bertz CT molecular complexity index is 1560. The smallest absolute Gasteiger partial charge is 0.338 e. The van der Waals surface area contributed by atoms with Crippen LogP contribution in [0.5, 0.6) is 11.5 Å². The normalized spacial score (nSPS) is 15.5. The van der Waals surface area contributed by atoms with Crippen LogP contribution in [0.2, 0.25) is 5.02 Å². The van der Waals surface area contributed by atoms with Gasteiger partial charge in [-0.3, -0.25) is 9.36 Å². The Labute approximate surface area is 231 Å². The quantitative estimate of drug-likeness (QED) is 0.354. The first-order valence-electron chi connectivity index (χ1n) is 11.6. The summed E-state index contributed by atoms with van der Waals surface area (Å²) in [7, 11) is 1.58. The number of fused-ring (bicyclic) bond motifs is 1. The molecule has 0 aliphatic carbocycles. The van der Waals surface area contributed by atoms with E-state index in [1.54, 1.807) is 68.9 Å². The van der Waals surface area contributed by atoms with E-state index in [1.807, 2.05) is 13.0 Å². The number of carbonyl (C=O) groups is 1. The van der Waals surface area contributed by atoms with Gasteiger partial charge in [0, 0.05) is 16.7 Å². The van der Waals surface area contributed by atoms with Gasteiger partial charge in [-0.25, -0.2) is 9.79 Å². The predicted molar refractivity (Wildman–Crippen MR) is 148 cm³/mol. The summed E-state index contributed by atoms with van der Waals surface area (Å²) >= 11 is 10.9. The summed E-state index contributed by atoms with van der Waals surface area (Å²) in [5, 5.41) is 0.553. The van der Waals surface area contributed by atoms with E-state index in [1.165, 1.54) is 11.3 Å². The highest BCUT2D eigenvalue weighted by Crippen LogP contribution is 2.34. The fourth-order valence-electron chi connectivity index (χ4n) is 4.06. The molecule has 194 valence electrons. The van der Waals surface area contributed by atoms with Crippen molar-refractivity contribution in [1.29, 1.82) is 0 Å². The number of carbonyl (C=O) groups excluding carboxylic acids is 1. The first kappa shape index (κ1) is 27.2. The van der Waals surface area contributed by atoms with Crippen molar-refractivity contribution in [2.45, 2.75) is 39.8 Å². The minimum absolute atomic E-state index is 0.277. The molecule has 0 radical (unpaired) electrons. The topological polar surface area (TPSA) is 79.1 Å². The Morgan fingerprint density at radius 2 is 1.95 bits per heavy atom. The summed E-state index contributed by atoms with van der Waals surface area (Å²) in [5.74, 6) is 0.692. The molecule has 1 aliphatic rings. The van der Waals surface area contributed by atoms with Crippen molar-refractivity contribution < 1.29 is 19.0 Å². The van der Waals surface area contributed by atoms with Crippen LogP contribution in [0, 0.1) is 0 Å². The molecule has 0 fully saturated rings. The minimum atomic E-state index is -0.712. The Morgan fingerprint density at radius 3 is 2.57 bits per heavy atom. The number of rotatable bonds is 7. The van der Waals surface area contributed by atoms with Crippen molar-refractivity contribution in [1.82, 2.24) is 4.57 Å². The predicted octanol–water partition coefficient (Wildman–Crippen LogP) is 5.01. The Morgan fingerprint density at radius 1 is 1.24 bits per heavy atom. The zero-order valence-corrected chi connectivity index (χ0v) is 24.2. The van der Waals surface area contributed by atoms with E-state index in [4.69, 9.17) is 25.8 Å². The fraction of sp³-hybridized carbons (Fsp3) is 0.296. The van der Waals surface area contributed by atoms with Gasteiger partial charge in [0.15, 0.2) is 4.80 Å². The minimum Gasteiger partial charge on any atom is -0.495 e. The molecule has 1 aliphatic heterocycles. The Balaban J connectivity index is 1.95. The Kier molecular flexibility index (Phi) is 8.26. The zero-order chi connectivity index (χ0) is 26.9. The number of halogens is 2. The van der Waals surface area contributed by atoms with Crippen molar-refractivity contribution in [3.8, 4) is 11.5 Å². The molecule has 3 aromatic rings. The van der Waals surface area contributed by atoms with Crippen LogP contribution >= 0.6 is 38.9 Å². The second-order valence-corrected chi connectivity index (χ2v) is 10.8. The van der Waals surface area contributed by atoms with Crippen LogP contribution in [0.1, 0.15) is 44.9 Å². The maximum absolute atomic E-state index is 13.8. The van der Waals surface area contributed by atoms with E-state index in [2.05, 4.69) is 20.9 Å². The van der Waals surface area contributed by atoms with Gasteiger partial charge in [0.1, 0.15) is 11.5 Å². The molecule has 10 heteroatoms. The summed E-state index contributed by atoms with van der Waals surface area (Å²) < 4.78 is 19.5. The van der Waals surface area contributed by atoms with Crippen molar-refractivity contribution in [3.63, 3.8) is 0 Å². The van der Waals surface area contributed by atoms with Gasteiger partial charge in [-0.2, -0.15) is 0 Å². The summed E-state index contributed by atoms with van der Waals surface area (Å²) in [6, 6.07) is 9.98. The van der Waals surface area contributed by atoms with E-state index in [0.717, 1.165) is 10.0 Å². The van der Waals surface area contributed by atoms with Crippen molar-refractivity contribution in [2.75, 3.05) is 13.7 Å². The summed E-state index contributed by atoms with van der Waals surface area (Å²) in [6.45, 7) is 7.65. The molecular formula is C27H26BrClN2O5S. The lowest BCUT2D eigenvalue weighted by molar-refractivity contribution is -0.143. The number of aromatic nitrogens is 1. The van der Waals surface area contributed by atoms with E-state index in [-0.39, 0.29) is 11.7 Å². The molecular weight excluding hydrogens is 580 g/mol. The molecule has 37 heavy (non-hydrogen) atoms. The lowest BCUT2D eigenvalue weighted by Gasteiger charge is -2.25. The standard InChI is InChI=1S/C27H26BrClN2O5S/c1-6-35-20-13-21(34-5)19(28)11-17(20)12-22-25(32)31-24(16-7-9-18(29)10-8-16)23(26(33)36-14(2)3)15(4)30-27(31)37-22/h7-14,24H,6H2,1-5H3. The highest BCUT2D eigenvalue weighted by molar-refractivity contribution is 9.10. The number of hydrogen-bond acceptors (Lipinski definition) is 7. The van der Waals surface area contributed by atoms with Gasteiger partial charge in [-0.05, 0) is 73.5 Å². The lowest BCUT2D eigenvalue weighted by atomic mass is 9.96. The highest BCUT2D eigenvalue weighted by Gasteiger charge is 2.33. The van der Waals surface area contributed by atoms with Crippen LogP contribution in [-0.2, 0) is 9.53 Å². The van der Waals surface area contributed by atoms with Crippen molar-refractivity contribution in [2.24, 2.45) is 4.99 Å².